The first kappa shape index (κ1) is 19.9. The lowest BCUT2D eigenvalue weighted by Crippen LogP contribution is -2.31. The van der Waals surface area contributed by atoms with Gasteiger partial charge < -0.3 is 9.30 Å². The third-order valence-electron chi connectivity index (χ3n) is 4.43. The highest BCUT2D eigenvalue weighted by molar-refractivity contribution is 6.30. The van der Waals surface area contributed by atoms with Gasteiger partial charge in [-0.25, -0.2) is 14.6 Å². The fraction of sp³-hybridized carbons (Fsp3) is 0.368. The van der Waals surface area contributed by atoms with Crippen molar-refractivity contribution in [1.82, 2.24) is 19.1 Å². The Morgan fingerprint density at radius 3 is 2.54 bits per heavy atom. The molecule has 2 heterocycles. The summed E-state index contributed by atoms with van der Waals surface area (Å²) in [6, 6.07) is 6.35. The number of nitrogens with one attached hydrogen (secondary N) is 1. The van der Waals surface area contributed by atoms with E-state index in [0.717, 1.165) is 12.8 Å². The summed E-state index contributed by atoms with van der Waals surface area (Å²) in [4.78, 5) is 43.6. The molecule has 3 rings (SSSR count). The van der Waals surface area contributed by atoms with Gasteiger partial charge in [-0.1, -0.05) is 24.9 Å². The molecule has 3 aromatic rings. The smallest absolute Gasteiger partial charge is 0.338 e. The number of aryl methyl sites for hydroxylation is 2. The van der Waals surface area contributed by atoms with Gasteiger partial charge in [0, 0.05) is 18.1 Å². The monoisotopic (exact) mass is 404 g/mol. The van der Waals surface area contributed by atoms with Gasteiger partial charge in [0.05, 0.1) is 5.56 Å². The summed E-state index contributed by atoms with van der Waals surface area (Å²) in [5, 5.41) is 0.522. The second-order valence-electron chi connectivity index (χ2n) is 6.29. The molecule has 0 unspecified atom stereocenters. The zero-order valence-electron chi connectivity index (χ0n) is 15.7. The van der Waals surface area contributed by atoms with Crippen molar-refractivity contribution in [3.63, 3.8) is 0 Å². The van der Waals surface area contributed by atoms with Gasteiger partial charge in [0.25, 0.3) is 5.56 Å². The topological polar surface area (TPSA) is 99.0 Å². The predicted molar refractivity (Wildman–Crippen MR) is 106 cm³/mol. The summed E-state index contributed by atoms with van der Waals surface area (Å²) in [6.45, 7) is 4.64. The third-order valence-corrected chi connectivity index (χ3v) is 4.68. The number of carbonyl (C=O) groups is 1. The normalized spacial score (nSPS) is 11.1. The maximum atomic E-state index is 12.4. The van der Waals surface area contributed by atoms with E-state index in [4.69, 9.17) is 16.3 Å². The number of ether oxygens (including phenoxy) is 1. The molecule has 0 aliphatic carbocycles. The van der Waals surface area contributed by atoms with Crippen LogP contribution in [0, 0.1) is 0 Å². The number of fused-ring (bicyclic) bond motifs is 1. The van der Waals surface area contributed by atoms with Crippen LogP contribution in [0.4, 0.5) is 0 Å². The number of H-pyrrole nitrogens is 1. The van der Waals surface area contributed by atoms with Gasteiger partial charge in [0.15, 0.2) is 11.2 Å². The Morgan fingerprint density at radius 2 is 1.89 bits per heavy atom. The molecule has 9 heteroatoms. The molecule has 0 atom stereocenters. The van der Waals surface area contributed by atoms with Crippen molar-refractivity contribution in [1.29, 1.82) is 0 Å². The lowest BCUT2D eigenvalue weighted by atomic mass is 10.2. The molecule has 0 aliphatic heterocycles. The molecule has 148 valence electrons. The van der Waals surface area contributed by atoms with Gasteiger partial charge in [0.1, 0.15) is 12.4 Å². The Labute approximate surface area is 165 Å². The fourth-order valence-corrected chi connectivity index (χ4v) is 3.12. The van der Waals surface area contributed by atoms with E-state index >= 15 is 0 Å². The zero-order chi connectivity index (χ0) is 20.3. The van der Waals surface area contributed by atoms with Crippen molar-refractivity contribution in [2.24, 2.45) is 0 Å². The minimum absolute atomic E-state index is 0.120. The van der Waals surface area contributed by atoms with E-state index in [-0.39, 0.29) is 6.61 Å². The van der Waals surface area contributed by atoms with E-state index in [1.165, 1.54) is 4.57 Å². The molecule has 0 saturated heterocycles. The maximum Gasteiger partial charge on any atom is 0.338 e. The average Bonchev–Trinajstić information content (AvgIpc) is 3.05. The largest absolute Gasteiger partial charge is 0.454 e. The molecular weight excluding hydrogens is 384 g/mol. The van der Waals surface area contributed by atoms with Crippen LogP contribution >= 0.6 is 11.6 Å². The summed E-state index contributed by atoms with van der Waals surface area (Å²) >= 11 is 5.83. The number of unbranched alkanes of at least 4 members (excludes halogenated alkanes) is 1. The Kier molecular flexibility index (Phi) is 5.99. The summed E-state index contributed by atoms with van der Waals surface area (Å²) in [5.41, 5.74) is -0.0209. The van der Waals surface area contributed by atoms with Crippen molar-refractivity contribution in [2.75, 3.05) is 0 Å². The molecule has 0 bridgehead atoms. The number of hydrogen-bond acceptors (Lipinski definition) is 5. The molecule has 2 aromatic heterocycles. The molecule has 1 aromatic carbocycles. The molecule has 1 N–H and O–H groups in total. The number of benzene rings is 1. The second-order valence-corrected chi connectivity index (χ2v) is 6.73. The molecule has 28 heavy (non-hydrogen) atoms. The first-order chi connectivity index (χ1) is 13.5. The summed E-state index contributed by atoms with van der Waals surface area (Å²) in [7, 11) is 0. The SMILES string of the molecule is CCCCn1c(=O)[nH]c(=O)c2c1nc(COC(=O)c1ccc(Cl)cc1)n2CC. The molecule has 0 amide bonds. The van der Waals surface area contributed by atoms with E-state index < -0.39 is 17.2 Å². The Balaban J connectivity index is 1.95. The molecule has 8 nitrogen and oxygen atoms in total. The number of aromatic nitrogens is 4. The van der Waals surface area contributed by atoms with Crippen molar-refractivity contribution in [2.45, 2.75) is 46.4 Å². The van der Waals surface area contributed by atoms with Crippen LogP contribution in [-0.2, 0) is 24.4 Å². The van der Waals surface area contributed by atoms with Crippen LogP contribution in [0.25, 0.3) is 11.2 Å². The van der Waals surface area contributed by atoms with Crippen molar-refractivity contribution in [3.05, 3.63) is 61.5 Å². The number of esters is 1. The highest BCUT2D eigenvalue weighted by atomic mass is 35.5. The highest BCUT2D eigenvalue weighted by Crippen LogP contribution is 2.15. The van der Waals surface area contributed by atoms with Crippen LogP contribution in [0.1, 0.15) is 42.9 Å². The quantitative estimate of drug-likeness (QED) is 0.610. The average molecular weight is 405 g/mol. The van der Waals surface area contributed by atoms with E-state index in [2.05, 4.69) is 9.97 Å². The molecule has 0 radical (unpaired) electrons. The van der Waals surface area contributed by atoms with Gasteiger partial charge in [0.2, 0.25) is 0 Å². The van der Waals surface area contributed by atoms with E-state index in [0.29, 0.717) is 40.7 Å². The number of nitrogens with zero attached hydrogens (tertiary/aromatic N) is 3. The van der Waals surface area contributed by atoms with Crippen molar-refractivity contribution < 1.29 is 9.53 Å². The lowest BCUT2D eigenvalue weighted by molar-refractivity contribution is 0.0458. The minimum atomic E-state index is -0.524. The summed E-state index contributed by atoms with van der Waals surface area (Å²) < 4.78 is 8.47. The molecular formula is C19H21ClN4O4. The van der Waals surface area contributed by atoms with Gasteiger partial charge >= 0.3 is 11.7 Å². The fourth-order valence-electron chi connectivity index (χ4n) is 2.99. The van der Waals surface area contributed by atoms with Crippen molar-refractivity contribution >= 4 is 28.7 Å². The molecule has 0 spiro atoms. The first-order valence-electron chi connectivity index (χ1n) is 9.11. The number of aromatic amines is 1. The minimum Gasteiger partial charge on any atom is -0.454 e. The van der Waals surface area contributed by atoms with Gasteiger partial charge in [-0.15, -0.1) is 0 Å². The summed E-state index contributed by atoms with van der Waals surface area (Å²) in [6.07, 6.45) is 1.67. The number of rotatable bonds is 7. The van der Waals surface area contributed by atoms with Gasteiger partial charge in [-0.05, 0) is 37.6 Å². The van der Waals surface area contributed by atoms with Crippen LogP contribution in [-0.4, -0.2) is 25.1 Å². The number of carbonyl (C=O) groups excluding carboxylic acids is 1. The Morgan fingerprint density at radius 1 is 1.18 bits per heavy atom. The standard InChI is InChI=1S/C19H21ClN4O4/c1-3-5-10-24-16-15(17(25)22-19(24)27)23(4-2)14(21-16)11-28-18(26)12-6-8-13(20)9-7-12/h6-9H,3-5,10-11H2,1-2H3,(H,22,25,27). The lowest BCUT2D eigenvalue weighted by Gasteiger charge is -2.07. The predicted octanol–water partition coefficient (Wildman–Crippen LogP) is 2.72. The Hall–Kier alpha value is -2.87. The summed E-state index contributed by atoms with van der Waals surface area (Å²) in [5.74, 6) is -0.121. The number of imidazole rings is 1. The first-order valence-corrected chi connectivity index (χ1v) is 9.49. The number of hydrogen-bond donors (Lipinski definition) is 1. The van der Waals surface area contributed by atoms with E-state index in [9.17, 15) is 14.4 Å². The van der Waals surface area contributed by atoms with Gasteiger partial charge in [-0.3, -0.25) is 14.3 Å². The Bertz CT molecular complexity index is 1110. The van der Waals surface area contributed by atoms with Gasteiger partial charge in [-0.2, -0.15) is 0 Å². The van der Waals surface area contributed by atoms with Crippen LogP contribution in [0.3, 0.4) is 0 Å². The number of halogens is 1. The van der Waals surface area contributed by atoms with Crippen LogP contribution in [0.2, 0.25) is 5.02 Å². The maximum absolute atomic E-state index is 12.4. The highest BCUT2D eigenvalue weighted by Gasteiger charge is 2.19. The molecule has 0 fully saturated rings. The van der Waals surface area contributed by atoms with E-state index in [1.54, 1.807) is 28.8 Å². The zero-order valence-corrected chi connectivity index (χ0v) is 16.5. The second kappa shape index (κ2) is 8.43. The molecule has 0 aliphatic rings. The van der Waals surface area contributed by atoms with Crippen LogP contribution in [0.15, 0.2) is 33.9 Å². The third kappa shape index (κ3) is 3.87. The van der Waals surface area contributed by atoms with Crippen molar-refractivity contribution in [3.8, 4) is 0 Å². The van der Waals surface area contributed by atoms with E-state index in [1.807, 2.05) is 13.8 Å². The molecule has 0 saturated carbocycles. The van der Waals surface area contributed by atoms with Crippen LogP contribution < -0.4 is 11.2 Å². The van der Waals surface area contributed by atoms with Crippen LogP contribution in [0.5, 0.6) is 0 Å².